The Morgan fingerprint density at radius 1 is 1.13 bits per heavy atom. The van der Waals surface area contributed by atoms with Gasteiger partial charge in [-0.3, -0.25) is 9.79 Å². The lowest BCUT2D eigenvalue weighted by Crippen LogP contribution is -2.21. The van der Waals surface area contributed by atoms with Gasteiger partial charge in [-0.25, -0.2) is 4.79 Å². The Bertz CT molecular complexity index is 1010. The number of nitrogens with zero attached hydrogens (tertiary/aromatic N) is 1. The van der Waals surface area contributed by atoms with Crippen LogP contribution in [0.4, 0.5) is 0 Å². The van der Waals surface area contributed by atoms with E-state index in [9.17, 15) is 9.59 Å². The molecule has 0 bridgehead atoms. The molecule has 2 aliphatic rings. The highest BCUT2D eigenvalue weighted by atomic mass is 32.2. The average molecular weight is 437 g/mol. The summed E-state index contributed by atoms with van der Waals surface area (Å²) in [5.41, 5.74) is 2.38. The standard InChI is InChI=1S/C24H24N2O4S/c1-29-23(28)18-10-6-17(7-11-18)15-30-20-12-8-16(9-13-20)14-21-22(27)26-24(31-21)25-19-4-2-3-5-19/h6-14,19H,2-5,15H2,1H3,(H,25,26,27)/b21-14-. The van der Waals surface area contributed by atoms with Crippen LogP contribution in [-0.2, 0) is 16.1 Å². The lowest BCUT2D eigenvalue weighted by molar-refractivity contribution is -0.115. The van der Waals surface area contributed by atoms with Crippen LogP contribution in [0, 0.1) is 0 Å². The second-order valence-electron chi connectivity index (χ2n) is 7.48. The van der Waals surface area contributed by atoms with Crippen molar-refractivity contribution in [1.29, 1.82) is 0 Å². The Morgan fingerprint density at radius 2 is 1.84 bits per heavy atom. The average Bonchev–Trinajstić information content (AvgIpc) is 3.43. The highest BCUT2D eigenvalue weighted by Crippen LogP contribution is 2.29. The minimum atomic E-state index is -0.358. The van der Waals surface area contributed by atoms with Gasteiger partial charge in [-0.05, 0) is 66.1 Å². The molecule has 0 unspecified atom stereocenters. The summed E-state index contributed by atoms with van der Waals surface area (Å²) < 4.78 is 10.5. The van der Waals surface area contributed by atoms with Gasteiger partial charge in [-0.15, -0.1) is 0 Å². The van der Waals surface area contributed by atoms with Crippen molar-refractivity contribution in [3.8, 4) is 5.75 Å². The molecule has 4 rings (SSSR count). The van der Waals surface area contributed by atoms with E-state index in [0.29, 0.717) is 28.3 Å². The lowest BCUT2D eigenvalue weighted by Gasteiger charge is -2.07. The number of amides is 1. The molecule has 31 heavy (non-hydrogen) atoms. The lowest BCUT2D eigenvalue weighted by atomic mass is 10.1. The van der Waals surface area contributed by atoms with Crippen LogP contribution in [0.1, 0.15) is 47.2 Å². The molecular weight excluding hydrogens is 412 g/mol. The minimum absolute atomic E-state index is 0.0996. The molecule has 1 saturated carbocycles. The van der Waals surface area contributed by atoms with Crippen LogP contribution in [-0.4, -0.2) is 30.2 Å². The number of esters is 1. The number of nitrogens with one attached hydrogen (secondary N) is 1. The molecule has 7 heteroatoms. The molecule has 0 radical (unpaired) electrons. The van der Waals surface area contributed by atoms with Crippen molar-refractivity contribution in [3.05, 3.63) is 70.1 Å². The number of ether oxygens (including phenoxy) is 2. The summed E-state index contributed by atoms with van der Waals surface area (Å²) in [6, 6.07) is 15.0. The molecule has 2 fully saturated rings. The molecule has 1 aliphatic carbocycles. The predicted molar refractivity (Wildman–Crippen MR) is 122 cm³/mol. The van der Waals surface area contributed by atoms with Crippen LogP contribution in [0.2, 0.25) is 0 Å². The summed E-state index contributed by atoms with van der Waals surface area (Å²) in [6.07, 6.45) is 6.52. The zero-order valence-corrected chi connectivity index (χ0v) is 18.1. The maximum Gasteiger partial charge on any atom is 0.337 e. The monoisotopic (exact) mass is 436 g/mol. The van der Waals surface area contributed by atoms with E-state index >= 15 is 0 Å². The molecule has 1 amide bonds. The Kier molecular flexibility index (Phi) is 6.72. The topological polar surface area (TPSA) is 77.0 Å². The quantitative estimate of drug-likeness (QED) is 0.531. The summed E-state index contributed by atoms with van der Waals surface area (Å²) >= 11 is 1.40. The van der Waals surface area contributed by atoms with Gasteiger partial charge in [-0.2, -0.15) is 0 Å². The number of amidine groups is 1. The van der Waals surface area contributed by atoms with Crippen LogP contribution < -0.4 is 10.1 Å². The van der Waals surface area contributed by atoms with Gasteiger partial charge in [-0.1, -0.05) is 37.1 Å². The highest BCUT2D eigenvalue weighted by Gasteiger charge is 2.25. The maximum absolute atomic E-state index is 12.2. The molecule has 2 aromatic carbocycles. The molecule has 1 aliphatic heterocycles. The van der Waals surface area contributed by atoms with E-state index in [-0.39, 0.29) is 11.9 Å². The number of carbonyl (C=O) groups is 2. The molecule has 0 atom stereocenters. The van der Waals surface area contributed by atoms with Crippen molar-refractivity contribution in [3.63, 3.8) is 0 Å². The predicted octanol–water partition coefficient (Wildman–Crippen LogP) is 4.55. The van der Waals surface area contributed by atoms with Gasteiger partial charge >= 0.3 is 5.97 Å². The van der Waals surface area contributed by atoms with Crippen LogP contribution in [0.15, 0.2) is 58.4 Å². The second-order valence-corrected chi connectivity index (χ2v) is 8.51. The van der Waals surface area contributed by atoms with Gasteiger partial charge in [0, 0.05) is 0 Å². The van der Waals surface area contributed by atoms with Crippen molar-refractivity contribution in [2.75, 3.05) is 7.11 Å². The summed E-state index contributed by atoms with van der Waals surface area (Å²) in [5, 5.41) is 3.58. The molecule has 0 spiro atoms. The van der Waals surface area contributed by atoms with E-state index in [4.69, 9.17) is 9.47 Å². The first-order valence-electron chi connectivity index (χ1n) is 10.3. The number of aliphatic imine (C=N–C) groups is 1. The molecular formula is C24H24N2O4S. The Hall–Kier alpha value is -3.06. The smallest absolute Gasteiger partial charge is 0.337 e. The molecule has 1 heterocycles. The summed E-state index contributed by atoms with van der Waals surface area (Å²) in [5.74, 6) is 0.270. The largest absolute Gasteiger partial charge is 0.489 e. The highest BCUT2D eigenvalue weighted by molar-refractivity contribution is 8.18. The number of rotatable bonds is 6. The van der Waals surface area contributed by atoms with E-state index in [1.165, 1.54) is 31.7 Å². The number of hydrogen-bond donors (Lipinski definition) is 1. The minimum Gasteiger partial charge on any atom is -0.489 e. The van der Waals surface area contributed by atoms with Crippen molar-refractivity contribution in [1.82, 2.24) is 5.32 Å². The molecule has 1 N–H and O–H groups in total. The first-order chi connectivity index (χ1) is 15.1. The van der Waals surface area contributed by atoms with Gasteiger partial charge in [0.1, 0.15) is 12.4 Å². The fourth-order valence-corrected chi connectivity index (χ4v) is 4.41. The van der Waals surface area contributed by atoms with Gasteiger partial charge in [0.2, 0.25) is 0 Å². The zero-order valence-electron chi connectivity index (χ0n) is 17.3. The van der Waals surface area contributed by atoms with Crippen molar-refractivity contribution >= 4 is 34.9 Å². The van der Waals surface area contributed by atoms with E-state index < -0.39 is 0 Å². The summed E-state index contributed by atoms with van der Waals surface area (Å²) in [4.78, 5) is 29.0. The van der Waals surface area contributed by atoms with E-state index in [2.05, 4.69) is 10.3 Å². The van der Waals surface area contributed by atoms with E-state index in [1.807, 2.05) is 42.5 Å². The summed E-state index contributed by atoms with van der Waals surface area (Å²) in [6.45, 7) is 0.390. The third kappa shape index (κ3) is 5.55. The third-order valence-corrected chi connectivity index (χ3v) is 6.16. The van der Waals surface area contributed by atoms with Crippen LogP contribution in [0.25, 0.3) is 6.08 Å². The summed E-state index contributed by atoms with van der Waals surface area (Å²) in [7, 11) is 1.36. The SMILES string of the molecule is COC(=O)c1ccc(COc2ccc(/C=C3\SC(=NC4CCCC4)NC3=O)cc2)cc1. The van der Waals surface area contributed by atoms with E-state index in [1.54, 1.807) is 12.1 Å². The molecule has 1 saturated heterocycles. The van der Waals surface area contributed by atoms with Gasteiger partial charge in [0.15, 0.2) is 5.17 Å². The van der Waals surface area contributed by atoms with Gasteiger partial charge in [0.25, 0.3) is 5.91 Å². The Morgan fingerprint density at radius 3 is 2.52 bits per heavy atom. The number of carbonyl (C=O) groups excluding carboxylic acids is 2. The molecule has 160 valence electrons. The molecule has 2 aromatic rings. The van der Waals surface area contributed by atoms with Crippen LogP contribution >= 0.6 is 11.8 Å². The van der Waals surface area contributed by atoms with Gasteiger partial charge < -0.3 is 14.8 Å². The first kappa shape index (κ1) is 21.2. The third-order valence-electron chi connectivity index (χ3n) is 5.23. The fraction of sp³-hybridized carbons (Fsp3) is 0.292. The number of hydrogen-bond acceptors (Lipinski definition) is 6. The molecule has 0 aromatic heterocycles. The van der Waals surface area contributed by atoms with Gasteiger partial charge in [0.05, 0.1) is 23.6 Å². The van der Waals surface area contributed by atoms with Crippen LogP contribution in [0.5, 0.6) is 5.75 Å². The first-order valence-corrected chi connectivity index (χ1v) is 11.1. The number of benzene rings is 2. The maximum atomic E-state index is 12.2. The fourth-order valence-electron chi connectivity index (χ4n) is 3.52. The van der Waals surface area contributed by atoms with Crippen molar-refractivity contribution in [2.24, 2.45) is 4.99 Å². The van der Waals surface area contributed by atoms with E-state index in [0.717, 1.165) is 29.7 Å². The second kappa shape index (κ2) is 9.83. The molecule has 6 nitrogen and oxygen atoms in total. The normalized spacial score (nSPS) is 19.1. The van der Waals surface area contributed by atoms with Crippen molar-refractivity contribution < 1.29 is 19.1 Å². The number of methoxy groups -OCH3 is 1. The Labute approximate surface area is 185 Å². The van der Waals surface area contributed by atoms with Crippen molar-refractivity contribution in [2.45, 2.75) is 38.3 Å². The number of thioether (sulfide) groups is 1. The Balaban J connectivity index is 1.34. The van der Waals surface area contributed by atoms with Crippen LogP contribution in [0.3, 0.4) is 0 Å². The zero-order chi connectivity index (χ0) is 21.6.